The van der Waals surface area contributed by atoms with E-state index in [4.69, 9.17) is 21.5 Å². The molecule has 0 unspecified atom stereocenters. The Labute approximate surface area is 167 Å². The van der Waals surface area contributed by atoms with E-state index >= 15 is 0 Å². The van der Waals surface area contributed by atoms with E-state index in [0.717, 1.165) is 17.1 Å². The number of H-pyrrole nitrogens is 1. The number of methoxy groups -OCH3 is 1. The molecule has 0 atom stereocenters. The summed E-state index contributed by atoms with van der Waals surface area (Å²) in [5, 5.41) is 13.7. The van der Waals surface area contributed by atoms with Gasteiger partial charge in [0, 0.05) is 38.4 Å². The maximum atomic E-state index is 12.0. The van der Waals surface area contributed by atoms with Gasteiger partial charge in [-0.05, 0) is 42.9 Å². The van der Waals surface area contributed by atoms with Crippen molar-refractivity contribution in [3.63, 3.8) is 0 Å². The number of carbonyl (C=O) groups excluding carboxylic acids is 1. The van der Waals surface area contributed by atoms with Gasteiger partial charge in [-0.1, -0.05) is 5.16 Å². The average molecular weight is 402 g/mol. The number of aromatic nitrogens is 5. The second-order valence-corrected chi connectivity index (χ2v) is 6.58. The third-order valence-electron chi connectivity index (χ3n) is 4.25. The lowest BCUT2D eigenvalue weighted by Gasteiger charge is -2.04. The molecular formula is C18H22N6O3S. The highest BCUT2D eigenvalue weighted by Crippen LogP contribution is 2.20. The minimum Gasteiger partial charge on any atom is -0.497 e. The lowest BCUT2D eigenvalue weighted by Crippen LogP contribution is -2.26. The molecule has 9 nitrogen and oxygen atoms in total. The van der Waals surface area contributed by atoms with Gasteiger partial charge >= 0.3 is 0 Å². The van der Waals surface area contributed by atoms with Crippen LogP contribution in [0.15, 0.2) is 28.8 Å². The van der Waals surface area contributed by atoms with Crippen LogP contribution < -0.4 is 10.1 Å². The number of aromatic amines is 1. The molecule has 0 aliphatic rings. The van der Waals surface area contributed by atoms with E-state index in [2.05, 4.69) is 25.7 Å². The molecule has 2 N–H and O–H groups in total. The van der Waals surface area contributed by atoms with E-state index in [1.165, 1.54) is 0 Å². The van der Waals surface area contributed by atoms with Crippen LogP contribution in [0.3, 0.4) is 0 Å². The Hall–Kier alpha value is -3.01. The number of carbonyl (C=O) groups is 1. The van der Waals surface area contributed by atoms with Crippen LogP contribution in [0.4, 0.5) is 0 Å². The molecule has 28 heavy (non-hydrogen) atoms. The highest BCUT2D eigenvalue weighted by atomic mass is 32.1. The summed E-state index contributed by atoms with van der Waals surface area (Å²) in [5.74, 6) is 2.59. The molecule has 0 spiro atoms. The third-order valence-corrected chi connectivity index (χ3v) is 4.62. The number of nitrogens with one attached hydrogen (secondary N) is 2. The first-order valence-electron chi connectivity index (χ1n) is 8.91. The fourth-order valence-corrected chi connectivity index (χ4v) is 2.77. The van der Waals surface area contributed by atoms with Gasteiger partial charge in [0.15, 0.2) is 4.77 Å². The van der Waals surface area contributed by atoms with Crippen LogP contribution in [0.25, 0.3) is 11.4 Å². The Morgan fingerprint density at radius 3 is 2.79 bits per heavy atom. The van der Waals surface area contributed by atoms with Crippen molar-refractivity contribution in [1.82, 2.24) is 30.2 Å². The summed E-state index contributed by atoms with van der Waals surface area (Å²) in [7, 11) is 3.46. The van der Waals surface area contributed by atoms with Gasteiger partial charge in [-0.15, -0.1) is 0 Å². The van der Waals surface area contributed by atoms with Crippen LogP contribution in [-0.2, 0) is 24.7 Å². The van der Waals surface area contributed by atoms with Crippen molar-refractivity contribution in [2.75, 3.05) is 13.7 Å². The third kappa shape index (κ3) is 5.03. The number of ether oxygens (including phenoxy) is 1. The predicted molar refractivity (Wildman–Crippen MR) is 104 cm³/mol. The van der Waals surface area contributed by atoms with E-state index in [1.807, 2.05) is 31.3 Å². The molecule has 2 aromatic heterocycles. The van der Waals surface area contributed by atoms with E-state index in [9.17, 15) is 4.79 Å². The standard InChI is InChI=1S/C18H22N6O3S/c1-24-14(21-22-18(24)28)10-11-19-15(25)4-3-5-16-20-17(23-27-16)12-6-8-13(26-2)9-7-12/h6-9H,3-5,10-11H2,1-2H3,(H,19,25)(H,22,28). The number of amides is 1. The molecule has 3 aromatic rings. The topological polar surface area (TPSA) is 111 Å². The second-order valence-electron chi connectivity index (χ2n) is 6.20. The molecule has 1 aromatic carbocycles. The van der Waals surface area contributed by atoms with Crippen molar-refractivity contribution < 1.29 is 14.1 Å². The molecule has 148 valence electrons. The van der Waals surface area contributed by atoms with Gasteiger partial charge in [-0.3, -0.25) is 9.89 Å². The fraction of sp³-hybridized carbons (Fsp3) is 0.389. The summed E-state index contributed by atoms with van der Waals surface area (Å²) in [4.78, 5) is 16.3. The van der Waals surface area contributed by atoms with Gasteiger partial charge in [0.2, 0.25) is 17.6 Å². The average Bonchev–Trinajstić information content (AvgIpc) is 3.30. The maximum Gasteiger partial charge on any atom is 0.226 e. The van der Waals surface area contributed by atoms with Crippen molar-refractivity contribution >= 4 is 18.1 Å². The summed E-state index contributed by atoms with van der Waals surface area (Å²) in [6.45, 7) is 0.508. The minimum absolute atomic E-state index is 0.0216. The molecule has 1 amide bonds. The number of aryl methyl sites for hydroxylation is 1. The number of benzene rings is 1. The molecule has 0 bridgehead atoms. The van der Waals surface area contributed by atoms with Crippen molar-refractivity contribution in [1.29, 1.82) is 0 Å². The Morgan fingerprint density at radius 1 is 1.32 bits per heavy atom. The number of rotatable bonds is 9. The van der Waals surface area contributed by atoms with Crippen LogP contribution >= 0.6 is 12.2 Å². The van der Waals surface area contributed by atoms with Crippen molar-refractivity contribution in [2.45, 2.75) is 25.7 Å². The smallest absolute Gasteiger partial charge is 0.226 e. The van der Waals surface area contributed by atoms with Gasteiger partial charge in [-0.25, -0.2) is 0 Å². The monoisotopic (exact) mass is 402 g/mol. The van der Waals surface area contributed by atoms with Crippen molar-refractivity contribution in [3.05, 3.63) is 40.8 Å². The van der Waals surface area contributed by atoms with E-state index in [0.29, 0.717) is 48.7 Å². The normalized spacial score (nSPS) is 10.8. The highest BCUT2D eigenvalue weighted by molar-refractivity contribution is 7.71. The number of nitrogens with zero attached hydrogens (tertiary/aromatic N) is 4. The Kier molecular flexibility index (Phi) is 6.53. The molecule has 3 rings (SSSR count). The number of hydrogen-bond acceptors (Lipinski definition) is 7. The first-order valence-corrected chi connectivity index (χ1v) is 9.31. The Balaban J connectivity index is 1.39. The Bertz CT molecular complexity index is 976. The summed E-state index contributed by atoms with van der Waals surface area (Å²) in [6.07, 6.45) is 2.18. The first-order chi connectivity index (χ1) is 13.6. The fourth-order valence-electron chi connectivity index (χ4n) is 2.62. The zero-order valence-electron chi connectivity index (χ0n) is 15.8. The summed E-state index contributed by atoms with van der Waals surface area (Å²) < 4.78 is 12.8. The maximum absolute atomic E-state index is 12.0. The van der Waals surface area contributed by atoms with Gasteiger partial charge < -0.3 is 19.1 Å². The number of hydrogen-bond donors (Lipinski definition) is 2. The molecule has 0 saturated carbocycles. The van der Waals surface area contributed by atoms with Crippen molar-refractivity contribution in [2.24, 2.45) is 7.05 Å². The lowest BCUT2D eigenvalue weighted by molar-refractivity contribution is -0.121. The summed E-state index contributed by atoms with van der Waals surface area (Å²) in [6, 6.07) is 7.42. The molecular weight excluding hydrogens is 380 g/mol. The predicted octanol–water partition coefficient (Wildman–Crippen LogP) is 2.22. The van der Waals surface area contributed by atoms with Gasteiger partial charge in [0.1, 0.15) is 11.6 Å². The molecule has 0 radical (unpaired) electrons. The van der Waals surface area contributed by atoms with Gasteiger partial charge in [0.05, 0.1) is 7.11 Å². The molecule has 0 aliphatic carbocycles. The zero-order chi connectivity index (χ0) is 19.9. The summed E-state index contributed by atoms with van der Waals surface area (Å²) in [5.41, 5.74) is 0.849. The first kappa shape index (κ1) is 19.7. The molecule has 10 heteroatoms. The van der Waals surface area contributed by atoms with Crippen LogP contribution in [-0.4, -0.2) is 44.5 Å². The van der Waals surface area contributed by atoms with Crippen LogP contribution in [0.5, 0.6) is 5.75 Å². The zero-order valence-corrected chi connectivity index (χ0v) is 16.6. The molecule has 0 fully saturated rings. The van der Waals surface area contributed by atoms with E-state index < -0.39 is 0 Å². The molecule has 0 aliphatic heterocycles. The quantitative estimate of drug-likeness (QED) is 0.528. The van der Waals surface area contributed by atoms with E-state index in [1.54, 1.807) is 11.7 Å². The minimum atomic E-state index is -0.0216. The summed E-state index contributed by atoms with van der Waals surface area (Å²) >= 11 is 5.06. The van der Waals surface area contributed by atoms with Crippen LogP contribution in [0.1, 0.15) is 24.6 Å². The molecule has 0 saturated heterocycles. The molecule has 2 heterocycles. The highest BCUT2D eigenvalue weighted by Gasteiger charge is 2.10. The van der Waals surface area contributed by atoms with Gasteiger partial charge in [0.25, 0.3) is 0 Å². The van der Waals surface area contributed by atoms with Crippen LogP contribution in [0.2, 0.25) is 0 Å². The SMILES string of the molecule is COc1ccc(-c2noc(CCCC(=O)NCCc3n[nH]c(=S)n3C)n2)cc1. The van der Waals surface area contributed by atoms with E-state index in [-0.39, 0.29) is 5.91 Å². The van der Waals surface area contributed by atoms with Gasteiger partial charge in [-0.2, -0.15) is 10.1 Å². The van der Waals surface area contributed by atoms with Crippen LogP contribution in [0, 0.1) is 4.77 Å². The van der Waals surface area contributed by atoms with Crippen molar-refractivity contribution in [3.8, 4) is 17.1 Å². The lowest BCUT2D eigenvalue weighted by atomic mass is 10.2. The largest absolute Gasteiger partial charge is 0.497 e. The Morgan fingerprint density at radius 2 is 2.11 bits per heavy atom. The second kappa shape index (κ2) is 9.27.